The van der Waals surface area contributed by atoms with Crippen LogP contribution in [0, 0.1) is 17.8 Å². The van der Waals surface area contributed by atoms with Gasteiger partial charge in [0.1, 0.15) is 11.6 Å². The van der Waals surface area contributed by atoms with Gasteiger partial charge in [-0.25, -0.2) is 4.98 Å². The van der Waals surface area contributed by atoms with Gasteiger partial charge in [0.05, 0.1) is 0 Å². The van der Waals surface area contributed by atoms with Crippen molar-refractivity contribution in [2.24, 2.45) is 5.92 Å². The number of anilines is 1. The van der Waals surface area contributed by atoms with Gasteiger partial charge in [-0.05, 0) is 36.6 Å². The first kappa shape index (κ1) is 18.4. The minimum absolute atomic E-state index is 0.174. The molecule has 5 nitrogen and oxygen atoms in total. The second kappa shape index (κ2) is 8.81. The Bertz CT molecular complexity index is 996. The van der Waals surface area contributed by atoms with Crippen LogP contribution in [0.1, 0.15) is 31.4 Å². The molecule has 2 aromatic heterocycles. The Kier molecular flexibility index (Phi) is 6.01. The summed E-state index contributed by atoms with van der Waals surface area (Å²) in [4.78, 5) is 23.3. The van der Waals surface area contributed by atoms with Gasteiger partial charge < -0.3 is 10.3 Å². The quantitative estimate of drug-likeness (QED) is 0.683. The molecule has 0 fully saturated rings. The van der Waals surface area contributed by atoms with Crippen molar-refractivity contribution in [3.8, 4) is 23.2 Å². The van der Waals surface area contributed by atoms with E-state index in [9.17, 15) is 4.79 Å². The molecule has 0 aliphatic heterocycles. The second-order valence-corrected chi connectivity index (χ2v) is 6.66. The van der Waals surface area contributed by atoms with Crippen LogP contribution >= 0.6 is 0 Å². The zero-order chi connectivity index (χ0) is 19.1. The first-order valence-corrected chi connectivity index (χ1v) is 8.98. The highest BCUT2D eigenvalue weighted by molar-refractivity contribution is 5.58. The zero-order valence-corrected chi connectivity index (χ0v) is 15.5. The number of rotatable bonds is 5. The van der Waals surface area contributed by atoms with Crippen molar-refractivity contribution in [3.05, 3.63) is 76.3 Å². The number of hydrogen-bond donors (Lipinski definition) is 2. The third-order valence-corrected chi connectivity index (χ3v) is 3.94. The Morgan fingerprint density at radius 1 is 1.11 bits per heavy atom. The zero-order valence-electron chi connectivity index (χ0n) is 15.5. The lowest BCUT2D eigenvalue weighted by molar-refractivity contribution is 0.606. The molecule has 0 saturated heterocycles. The molecule has 0 unspecified atom stereocenters. The van der Waals surface area contributed by atoms with Crippen molar-refractivity contribution in [3.63, 3.8) is 0 Å². The molecule has 0 aliphatic rings. The fourth-order valence-electron chi connectivity index (χ4n) is 2.47. The largest absolute Gasteiger partial charge is 0.370 e. The van der Waals surface area contributed by atoms with Gasteiger partial charge in [0.15, 0.2) is 0 Å². The summed E-state index contributed by atoms with van der Waals surface area (Å²) in [7, 11) is 0. The van der Waals surface area contributed by atoms with Crippen LogP contribution in [0.2, 0.25) is 0 Å². The number of nitrogens with one attached hydrogen (secondary N) is 2. The lowest BCUT2D eigenvalue weighted by Gasteiger charge is -2.09. The maximum Gasteiger partial charge on any atom is 0.253 e. The van der Waals surface area contributed by atoms with E-state index in [0.29, 0.717) is 17.6 Å². The van der Waals surface area contributed by atoms with Crippen LogP contribution < -0.4 is 10.9 Å². The molecule has 0 saturated carbocycles. The minimum Gasteiger partial charge on any atom is -0.370 e. The number of benzene rings is 1. The highest BCUT2D eigenvalue weighted by atomic mass is 16.1. The molecule has 5 heteroatoms. The predicted molar refractivity (Wildman–Crippen MR) is 108 cm³/mol. The van der Waals surface area contributed by atoms with E-state index in [1.54, 1.807) is 12.4 Å². The molecule has 3 rings (SSSR count). The molecule has 0 bridgehead atoms. The fourth-order valence-corrected chi connectivity index (χ4v) is 2.47. The summed E-state index contributed by atoms with van der Waals surface area (Å²) < 4.78 is 0. The van der Waals surface area contributed by atoms with Crippen molar-refractivity contribution in [1.29, 1.82) is 0 Å². The summed E-state index contributed by atoms with van der Waals surface area (Å²) in [6.45, 7) is 5.12. The summed E-state index contributed by atoms with van der Waals surface area (Å²) in [5.41, 5.74) is 2.42. The maximum absolute atomic E-state index is 11.9. The Morgan fingerprint density at radius 3 is 2.59 bits per heavy atom. The number of aromatic nitrogens is 3. The van der Waals surface area contributed by atoms with Crippen molar-refractivity contribution in [2.45, 2.75) is 20.3 Å². The van der Waals surface area contributed by atoms with Crippen LogP contribution in [0.15, 0.2) is 59.7 Å². The smallest absolute Gasteiger partial charge is 0.253 e. The molecule has 0 amide bonds. The number of aromatic amines is 1. The molecule has 136 valence electrons. The normalized spacial score (nSPS) is 10.3. The van der Waals surface area contributed by atoms with E-state index < -0.39 is 0 Å². The second-order valence-electron chi connectivity index (χ2n) is 6.66. The standard InChI is InChI=1S/C22H22N4O/c1-16(2)11-13-24-20-14-21(27)26-22(25-20)19-9-7-17(8-10-19)5-6-18-4-3-12-23-15-18/h3-4,7-10,12,14-16H,11,13H2,1-2H3,(H2,24,25,26,27). The van der Waals surface area contributed by atoms with Gasteiger partial charge in [-0.15, -0.1) is 0 Å². The van der Waals surface area contributed by atoms with Crippen molar-refractivity contribution in [2.75, 3.05) is 11.9 Å². The van der Waals surface area contributed by atoms with Crippen molar-refractivity contribution >= 4 is 5.82 Å². The van der Waals surface area contributed by atoms with E-state index >= 15 is 0 Å². The summed E-state index contributed by atoms with van der Waals surface area (Å²) in [6.07, 6.45) is 4.47. The van der Waals surface area contributed by atoms with E-state index in [1.807, 2.05) is 36.4 Å². The SMILES string of the molecule is CC(C)CCNc1cc(=O)[nH]c(-c2ccc(C#Cc3cccnc3)cc2)n1. The number of hydrogen-bond acceptors (Lipinski definition) is 4. The molecular formula is C22H22N4O. The lowest BCUT2D eigenvalue weighted by Crippen LogP contribution is -2.13. The monoisotopic (exact) mass is 358 g/mol. The highest BCUT2D eigenvalue weighted by Gasteiger charge is 2.04. The minimum atomic E-state index is -0.174. The molecule has 1 aromatic carbocycles. The molecule has 0 atom stereocenters. The number of pyridine rings is 1. The topological polar surface area (TPSA) is 70.7 Å². The Labute approximate surface area is 158 Å². The summed E-state index contributed by atoms with van der Waals surface area (Å²) in [5, 5.41) is 3.22. The van der Waals surface area contributed by atoms with Crippen LogP contribution in [0.3, 0.4) is 0 Å². The third kappa shape index (κ3) is 5.55. The number of nitrogens with zero attached hydrogens (tertiary/aromatic N) is 2. The fraction of sp³-hybridized carbons (Fsp3) is 0.227. The van der Waals surface area contributed by atoms with Gasteiger partial charge in [-0.3, -0.25) is 9.78 Å². The summed E-state index contributed by atoms with van der Waals surface area (Å²) >= 11 is 0. The highest BCUT2D eigenvalue weighted by Crippen LogP contribution is 2.16. The van der Waals surface area contributed by atoms with E-state index in [1.165, 1.54) is 6.07 Å². The van der Waals surface area contributed by atoms with Crippen LogP contribution in [0.5, 0.6) is 0 Å². The maximum atomic E-state index is 11.9. The van der Waals surface area contributed by atoms with Crippen LogP contribution in [-0.4, -0.2) is 21.5 Å². The molecule has 2 N–H and O–H groups in total. The van der Waals surface area contributed by atoms with Gasteiger partial charge in [-0.1, -0.05) is 37.8 Å². The van der Waals surface area contributed by atoms with Crippen molar-refractivity contribution in [1.82, 2.24) is 15.0 Å². The molecule has 2 heterocycles. The summed E-state index contributed by atoms with van der Waals surface area (Å²) in [5.74, 6) is 7.91. The Hall–Kier alpha value is -3.39. The molecule has 0 radical (unpaired) electrons. The Morgan fingerprint density at radius 2 is 1.89 bits per heavy atom. The van der Waals surface area contributed by atoms with Gasteiger partial charge in [0, 0.05) is 41.7 Å². The van der Waals surface area contributed by atoms with Crippen molar-refractivity contribution < 1.29 is 0 Å². The average molecular weight is 358 g/mol. The lowest BCUT2D eigenvalue weighted by atomic mass is 10.1. The first-order valence-electron chi connectivity index (χ1n) is 8.98. The molecule has 0 spiro atoms. The molecular weight excluding hydrogens is 336 g/mol. The summed E-state index contributed by atoms with van der Waals surface area (Å²) in [6, 6.07) is 12.9. The van der Waals surface area contributed by atoms with Gasteiger partial charge in [0.25, 0.3) is 5.56 Å². The van der Waals surface area contributed by atoms with E-state index in [-0.39, 0.29) is 5.56 Å². The van der Waals surface area contributed by atoms with E-state index in [2.05, 4.69) is 46.0 Å². The predicted octanol–water partition coefficient (Wildman–Crippen LogP) is 3.69. The van der Waals surface area contributed by atoms with E-state index in [4.69, 9.17) is 0 Å². The molecule has 3 aromatic rings. The van der Waals surface area contributed by atoms with Crippen LogP contribution in [-0.2, 0) is 0 Å². The van der Waals surface area contributed by atoms with Crippen LogP contribution in [0.25, 0.3) is 11.4 Å². The van der Waals surface area contributed by atoms with Gasteiger partial charge >= 0.3 is 0 Å². The average Bonchev–Trinajstić information content (AvgIpc) is 2.67. The molecule has 27 heavy (non-hydrogen) atoms. The first-order chi connectivity index (χ1) is 13.1. The van der Waals surface area contributed by atoms with Gasteiger partial charge in [-0.2, -0.15) is 0 Å². The van der Waals surface area contributed by atoms with Crippen LogP contribution in [0.4, 0.5) is 5.82 Å². The van der Waals surface area contributed by atoms with E-state index in [0.717, 1.165) is 29.7 Å². The van der Waals surface area contributed by atoms with Gasteiger partial charge in [0.2, 0.25) is 0 Å². The number of H-pyrrole nitrogens is 1. The molecule has 0 aliphatic carbocycles. The Balaban J connectivity index is 1.76. The third-order valence-electron chi connectivity index (χ3n) is 3.94.